The predicted octanol–water partition coefficient (Wildman–Crippen LogP) is 3.43. The van der Waals surface area contributed by atoms with Gasteiger partial charge in [0.1, 0.15) is 4.83 Å². The molecule has 0 aliphatic heterocycles. The van der Waals surface area contributed by atoms with E-state index in [1.165, 1.54) is 0 Å². The zero-order valence-electron chi connectivity index (χ0n) is 3.92. The maximum absolute atomic E-state index is 12.0. The van der Waals surface area contributed by atoms with Gasteiger partial charge in [-0.25, -0.2) is 4.39 Å². The molecule has 0 heterocycles. The van der Waals surface area contributed by atoms with E-state index in [9.17, 15) is 13.2 Å². The lowest BCUT2D eigenvalue weighted by Gasteiger charge is -2.14. The molecule has 0 radical (unpaired) electrons. The number of hydrogen-bond acceptors (Lipinski definition) is 0. The van der Waals surface area contributed by atoms with Crippen molar-refractivity contribution in [1.29, 1.82) is 0 Å². The summed E-state index contributed by atoms with van der Waals surface area (Å²) < 4.78 is 35.9. The van der Waals surface area contributed by atoms with E-state index in [-0.39, 0.29) is 0 Å². The summed E-state index contributed by atoms with van der Waals surface area (Å²) in [6.07, 6.45) is 0. The summed E-state index contributed by atoms with van der Waals surface area (Å²) in [5.74, 6) is 0. The lowest BCUT2D eigenvalue weighted by molar-refractivity contribution is 0.100. The zero-order chi connectivity index (χ0) is 7.65. The van der Waals surface area contributed by atoms with Gasteiger partial charge in [-0.1, -0.05) is 31.9 Å². The number of hydrogen-bond donors (Lipinski definition) is 0. The van der Waals surface area contributed by atoms with Crippen LogP contribution in [0, 0.1) is 0 Å². The van der Waals surface area contributed by atoms with Gasteiger partial charge in [-0.05, 0) is 15.9 Å². The molecular formula is C3H2Br3F3. The first kappa shape index (κ1) is 10.2. The lowest BCUT2D eigenvalue weighted by Crippen LogP contribution is -2.26. The van der Waals surface area contributed by atoms with Crippen molar-refractivity contribution in [3.8, 4) is 0 Å². The molecule has 0 aromatic rings. The molecule has 0 saturated carbocycles. The van der Waals surface area contributed by atoms with Crippen molar-refractivity contribution < 1.29 is 13.2 Å². The van der Waals surface area contributed by atoms with Gasteiger partial charge in [0.05, 0.1) is 0 Å². The molecule has 6 heteroatoms. The second-order valence-corrected chi connectivity index (χ2v) is 4.20. The van der Waals surface area contributed by atoms with Crippen LogP contribution in [0.3, 0.4) is 0 Å². The van der Waals surface area contributed by atoms with Crippen LogP contribution in [0.25, 0.3) is 0 Å². The molecule has 0 spiro atoms. The van der Waals surface area contributed by atoms with Gasteiger partial charge in [-0.2, -0.15) is 8.78 Å². The third-order valence-electron chi connectivity index (χ3n) is 0.534. The van der Waals surface area contributed by atoms with Crippen LogP contribution >= 0.6 is 47.8 Å². The zero-order valence-corrected chi connectivity index (χ0v) is 8.68. The molecule has 0 bridgehead atoms. The summed E-state index contributed by atoms with van der Waals surface area (Å²) in [6, 6.07) is 0. The fraction of sp³-hybridized carbons (Fsp3) is 1.00. The largest absolute Gasteiger partial charge is 0.317 e. The first-order chi connectivity index (χ1) is 3.85. The summed E-state index contributed by atoms with van der Waals surface area (Å²) in [4.78, 5) is -4.75. The van der Waals surface area contributed by atoms with Gasteiger partial charge in [0.15, 0.2) is 5.08 Å². The minimum atomic E-state index is -3.21. The summed E-state index contributed by atoms with van der Waals surface area (Å²) in [5.41, 5.74) is 0. The van der Waals surface area contributed by atoms with E-state index in [0.29, 0.717) is 0 Å². The highest BCUT2D eigenvalue weighted by molar-refractivity contribution is 9.13. The van der Waals surface area contributed by atoms with Crippen LogP contribution < -0.4 is 0 Å². The van der Waals surface area contributed by atoms with Gasteiger partial charge in [0, 0.05) is 0 Å². The Balaban J connectivity index is 3.88. The third-order valence-corrected chi connectivity index (χ3v) is 3.92. The van der Waals surface area contributed by atoms with Crippen LogP contribution in [0.5, 0.6) is 0 Å². The van der Waals surface area contributed by atoms with Crippen molar-refractivity contribution in [2.45, 2.75) is 14.7 Å². The molecule has 0 saturated heterocycles. The average molecular weight is 335 g/mol. The Morgan fingerprint density at radius 2 is 1.56 bits per heavy atom. The van der Waals surface area contributed by atoms with Gasteiger partial charge in [-0.15, -0.1) is 0 Å². The van der Waals surface area contributed by atoms with E-state index < -0.39 is 14.7 Å². The highest BCUT2D eigenvalue weighted by Gasteiger charge is 2.39. The van der Waals surface area contributed by atoms with E-state index in [0.717, 1.165) is 0 Å². The molecular weight excluding hydrogens is 333 g/mol. The van der Waals surface area contributed by atoms with E-state index >= 15 is 0 Å². The Labute approximate surface area is 75.6 Å². The van der Waals surface area contributed by atoms with Crippen molar-refractivity contribution in [2.24, 2.45) is 0 Å². The Bertz CT molecular complexity index is 88.8. The topological polar surface area (TPSA) is 0 Å². The van der Waals surface area contributed by atoms with Gasteiger partial charge in [0.2, 0.25) is 0 Å². The summed E-state index contributed by atoms with van der Waals surface area (Å²) in [5, 5.41) is -1.76. The van der Waals surface area contributed by atoms with E-state index in [1.807, 2.05) is 15.9 Å². The second-order valence-electron chi connectivity index (χ2n) is 1.28. The van der Waals surface area contributed by atoms with Gasteiger partial charge in [0.25, 0.3) is 0 Å². The van der Waals surface area contributed by atoms with Gasteiger partial charge < -0.3 is 0 Å². The molecule has 0 aliphatic rings. The van der Waals surface area contributed by atoms with E-state index in [2.05, 4.69) is 31.9 Å². The van der Waals surface area contributed by atoms with Crippen molar-refractivity contribution in [2.75, 3.05) is 0 Å². The fourth-order valence-electron chi connectivity index (χ4n) is 0.143. The Morgan fingerprint density at radius 1 is 1.22 bits per heavy atom. The summed E-state index contributed by atoms with van der Waals surface area (Å²) in [6.45, 7) is 0. The van der Waals surface area contributed by atoms with Crippen LogP contribution in [0.1, 0.15) is 0 Å². The molecule has 0 nitrogen and oxygen atoms in total. The normalized spacial score (nSPS) is 19.3. The SMILES string of the molecule is FC(Br)C(Br)C(F)(F)Br. The number of alkyl halides is 6. The van der Waals surface area contributed by atoms with Crippen LogP contribution in [-0.2, 0) is 0 Å². The first-order valence-corrected chi connectivity index (χ1v) is 4.47. The summed E-state index contributed by atoms with van der Waals surface area (Å²) in [7, 11) is 0. The van der Waals surface area contributed by atoms with Crippen molar-refractivity contribution >= 4 is 47.8 Å². The van der Waals surface area contributed by atoms with E-state index in [4.69, 9.17) is 0 Å². The molecule has 2 atom stereocenters. The predicted molar refractivity (Wildman–Crippen MR) is 40.4 cm³/mol. The van der Waals surface area contributed by atoms with Crippen molar-refractivity contribution in [1.82, 2.24) is 0 Å². The quantitative estimate of drug-likeness (QED) is 0.679. The highest BCUT2D eigenvalue weighted by Crippen LogP contribution is 2.36. The molecule has 56 valence electrons. The van der Waals surface area contributed by atoms with Crippen LogP contribution in [0.2, 0.25) is 0 Å². The van der Waals surface area contributed by atoms with Crippen LogP contribution in [0.15, 0.2) is 0 Å². The fourth-order valence-corrected chi connectivity index (χ4v) is 1.06. The molecule has 9 heavy (non-hydrogen) atoms. The Morgan fingerprint density at radius 3 is 1.56 bits per heavy atom. The summed E-state index contributed by atoms with van der Waals surface area (Å²) >= 11 is 6.79. The molecule has 0 N–H and O–H groups in total. The smallest absolute Gasteiger partial charge is 0.233 e. The lowest BCUT2D eigenvalue weighted by atomic mass is 10.5. The molecule has 0 aliphatic carbocycles. The molecule has 0 amide bonds. The molecule has 0 rings (SSSR count). The maximum Gasteiger partial charge on any atom is 0.317 e. The van der Waals surface area contributed by atoms with Crippen LogP contribution in [0.4, 0.5) is 13.2 Å². The molecule has 0 aromatic carbocycles. The standard InChI is InChI=1S/C3H2Br3F3/c4-1(2(5)7)3(6,8)9/h1-2H. The van der Waals surface area contributed by atoms with Crippen molar-refractivity contribution in [3.63, 3.8) is 0 Å². The molecule has 2 unspecified atom stereocenters. The van der Waals surface area contributed by atoms with Crippen molar-refractivity contribution in [3.05, 3.63) is 0 Å². The Kier molecular flexibility index (Phi) is 4.06. The molecule has 0 aromatic heterocycles. The van der Waals surface area contributed by atoms with Gasteiger partial charge in [-0.3, -0.25) is 0 Å². The van der Waals surface area contributed by atoms with Gasteiger partial charge >= 0.3 is 4.83 Å². The maximum atomic E-state index is 12.0. The first-order valence-electron chi connectivity index (χ1n) is 1.84. The second kappa shape index (κ2) is 3.57. The third kappa shape index (κ3) is 3.83. The van der Waals surface area contributed by atoms with Crippen LogP contribution in [-0.4, -0.2) is 14.7 Å². The number of halogens is 6. The average Bonchev–Trinajstić information content (AvgIpc) is 1.62. The minimum absolute atomic E-state index is 1.54. The monoisotopic (exact) mass is 332 g/mol. The highest BCUT2D eigenvalue weighted by atomic mass is 79.9. The Hall–Kier alpha value is 1.23. The minimum Gasteiger partial charge on any atom is -0.233 e. The number of rotatable bonds is 2. The van der Waals surface area contributed by atoms with E-state index in [1.54, 1.807) is 0 Å². The molecule has 0 fully saturated rings.